The van der Waals surface area contributed by atoms with Gasteiger partial charge in [-0.1, -0.05) is 17.7 Å². The summed E-state index contributed by atoms with van der Waals surface area (Å²) in [6.07, 6.45) is 1.01. The van der Waals surface area contributed by atoms with Gasteiger partial charge in [0.25, 0.3) is 0 Å². The second-order valence-electron chi connectivity index (χ2n) is 5.00. The Bertz CT molecular complexity index is 503. The summed E-state index contributed by atoms with van der Waals surface area (Å²) in [5.74, 6) is 0.881. The lowest BCUT2D eigenvalue weighted by Gasteiger charge is -2.08. The molecule has 0 spiro atoms. The Morgan fingerprint density at radius 2 is 2.33 bits per heavy atom. The maximum absolute atomic E-state index is 13.4. The predicted molar refractivity (Wildman–Crippen MR) is 70.6 cm³/mol. The van der Waals surface area contributed by atoms with Crippen molar-refractivity contribution >= 4 is 17.6 Å². The minimum atomic E-state index is -0.343. The molecule has 0 saturated heterocycles. The first-order valence-corrected chi connectivity index (χ1v) is 6.54. The average Bonchev–Trinajstić information content (AvgIpc) is 2.97. The Hall–Kier alpha value is -1.29. The average molecular weight is 268 g/mol. The fraction of sp³-hybridized carbons (Fsp3) is 0.462. The monoisotopic (exact) mass is 267 g/mol. The van der Waals surface area contributed by atoms with E-state index in [-0.39, 0.29) is 10.8 Å². The van der Waals surface area contributed by atoms with Crippen molar-refractivity contribution < 1.29 is 4.39 Å². The Labute approximate surface area is 110 Å². The Morgan fingerprint density at radius 3 is 3.00 bits per heavy atom. The molecule has 1 aromatic carbocycles. The highest BCUT2D eigenvalue weighted by atomic mass is 35.5. The topological polar surface area (TPSA) is 36.4 Å². The van der Waals surface area contributed by atoms with Gasteiger partial charge in [-0.05, 0) is 31.0 Å². The van der Waals surface area contributed by atoms with Crippen molar-refractivity contribution in [1.29, 1.82) is 0 Å². The van der Waals surface area contributed by atoms with Crippen molar-refractivity contribution in [3.8, 4) is 0 Å². The number of hydrogen-bond donors (Lipinski definition) is 2. The van der Waals surface area contributed by atoms with E-state index in [0.29, 0.717) is 18.0 Å². The molecule has 5 heteroatoms. The van der Waals surface area contributed by atoms with Gasteiger partial charge in [0, 0.05) is 18.0 Å². The van der Waals surface area contributed by atoms with Crippen LogP contribution in [0.5, 0.6) is 0 Å². The molecule has 1 fully saturated rings. The smallest absolute Gasteiger partial charge is 0.191 e. The van der Waals surface area contributed by atoms with Gasteiger partial charge in [-0.2, -0.15) is 0 Å². The fourth-order valence-electron chi connectivity index (χ4n) is 2.28. The van der Waals surface area contributed by atoms with Crippen molar-refractivity contribution in [3.05, 3.63) is 34.6 Å². The van der Waals surface area contributed by atoms with Crippen LogP contribution in [0.4, 0.5) is 4.39 Å². The third kappa shape index (κ3) is 2.29. The van der Waals surface area contributed by atoms with Crippen LogP contribution in [-0.2, 0) is 0 Å². The van der Waals surface area contributed by atoms with E-state index in [1.165, 1.54) is 6.07 Å². The maximum atomic E-state index is 13.4. The van der Waals surface area contributed by atoms with Crippen LogP contribution < -0.4 is 10.6 Å². The van der Waals surface area contributed by atoms with Crippen molar-refractivity contribution in [2.45, 2.75) is 31.3 Å². The van der Waals surface area contributed by atoms with Gasteiger partial charge in [0.05, 0.1) is 11.6 Å². The lowest BCUT2D eigenvalue weighted by Crippen LogP contribution is -2.39. The Morgan fingerprint density at radius 1 is 1.50 bits per heavy atom. The van der Waals surface area contributed by atoms with E-state index < -0.39 is 0 Å². The van der Waals surface area contributed by atoms with Gasteiger partial charge < -0.3 is 10.6 Å². The molecule has 2 N–H and O–H groups in total. The van der Waals surface area contributed by atoms with E-state index >= 15 is 0 Å². The van der Waals surface area contributed by atoms with Crippen LogP contribution in [0.3, 0.4) is 0 Å². The number of halogens is 2. The molecule has 1 aliphatic heterocycles. The quantitative estimate of drug-likeness (QED) is 0.862. The molecule has 96 valence electrons. The summed E-state index contributed by atoms with van der Waals surface area (Å²) in [5, 5.41) is 6.79. The molecule has 3 nitrogen and oxygen atoms in total. The Kier molecular flexibility index (Phi) is 2.90. The Balaban J connectivity index is 1.62. The highest BCUT2D eigenvalue weighted by molar-refractivity contribution is 6.30. The molecular formula is C13H15ClFN3. The standard InChI is InChI=1S/C13H15ClFN3/c1-7-6-16-13(17-7)18-12-5-9(12)8-2-3-10(14)11(15)4-8/h2-4,7,9,12H,5-6H2,1H3,(H2,16,17,18)/t7?,9-,12+/m0/s1. The molecule has 1 saturated carbocycles. The SMILES string of the molecule is CC1CN=C(N[C@@H]2C[C@H]2c2ccc(Cl)c(F)c2)N1. The van der Waals surface area contributed by atoms with E-state index in [1.54, 1.807) is 6.07 Å². The zero-order valence-electron chi connectivity index (χ0n) is 10.1. The fourth-order valence-corrected chi connectivity index (χ4v) is 2.40. The minimum Gasteiger partial charge on any atom is -0.353 e. The summed E-state index contributed by atoms with van der Waals surface area (Å²) < 4.78 is 13.4. The van der Waals surface area contributed by atoms with Crippen molar-refractivity contribution in [3.63, 3.8) is 0 Å². The van der Waals surface area contributed by atoms with Gasteiger partial charge in [0.1, 0.15) is 5.82 Å². The van der Waals surface area contributed by atoms with Gasteiger partial charge in [-0.3, -0.25) is 4.99 Å². The first-order valence-electron chi connectivity index (χ1n) is 6.16. The largest absolute Gasteiger partial charge is 0.353 e. The zero-order chi connectivity index (χ0) is 12.7. The highest BCUT2D eigenvalue weighted by Gasteiger charge is 2.39. The van der Waals surface area contributed by atoms with Crippen LogP contribution in [0.1, 0.15) is 24.8 Å². The van der Waals surface area contributed by atoms with Crippen LogP contribution in [-0.4, -0.2) is 24.6 Å². The normalized spacial score (nSPS) is 29.7. The molecule has 0 bridgehead atoms. The van der Waals surface area contributed by atoms with Gasteiger partial charge in [-0.15, -0.1) is 0 Å². The van der Waals surface area contributed by atoms with Crippen molar-refractivity contribution in [2.24, 2.45) is 4.99 Å². The molecule has 3 rings (SSSR count). The summed E-state index contributed by atoms with van der Waals surface area (Å²) in [4.78, 5) is 4.36. The van der Waals surface area contributed by atoms with E-state index in [2.05, 4.69) is 22.5 Å². The van der Waals surface area contributed by atoms with E-state index in [1.807, 2.05) is 6.07 Å². The molecule has 1 heterocycles. The van der Waals surface area contributed by atoms with Crippen LogP contribution in [0.15, 0.2) is 23.2 Å². The van der Waals surface area contributed by atoms with Crippen LogP contribution >= 0.6 is 11.6 Å². The molecular weight excluding hydrogens is 253 g/mol. The molecule has 1 aliphatic carbocycles. The molecule has 0 amide bonds. The summed E-state index contributed by atoms with van der Waals surface area (Å²) in [6.45, 7) is 2.91. The van der Waals surface area contributed by atoms with E-state index in [9.17, 15) is 4.39 Å². The summed E-state index contributed by atoms with van der Waals surface area (Å²) >= 11 is 5.68. The second kappa shape index (κ2) is 4.43. The minimum absolute atomic E-state index is 0.180. The third-order valence-corrected chi connectivity index (χ3v) is 3.70. The molecule has 2 aliphatic rings. The zero-order valence-corrected chi connectivity index (χ0v) is 10.8. The molecule has 0 radical (unpaired) electrons. The lowest BCUT2D eigenvalue weighted by molar-refractivity contribution is 0.625. The van der Waals surface area contributed by atoms with Crippen LogP contribution in [0.2, 0.25) is 5.02 Å². The lowest BCUT2D eigenvalue weighted by atomic mass is 10.1. The van der Waals surface area contributed by atoms with Gasteiger partial charge >= 0.3 is 0 Å². The second-order valence-corrected chi connectivity index (χ2v) is 5.41. The summed E-state index contributed by atoms with van der Waals surface area (Å²) in [5.41, 5.74) is 1.00. The number of nitrogens with zero attached hydrogens (tertiary/aromatic N) is 1. The van der Waals surface area contributed by atoms with Crippen molar-refractivity contribution in [2.75, 3.05) is 6.54 Å². The van der Waals surface area contributed by atoms with Gasteiger partial charge in [0.2, 0.25) is 0 Å². The summed E-state index contributed by atoms with van der Waals surface area (Å²) in [7, 11) is 0. The van der Waals surface area contributed by atoms with Gasteiger partial charge in [0.15, 0.2) is 5.96 Å². The van der Waals surface area contributed by atoms with Crippen LogP contribution in [0.25, 0.3) is 0 Å². The van der Waals surface area contributed by atoms with E-state index in [4.69, 9.17) is 11.6 Å². The highest BCUT2D eigenvalue weighted by Crippen LogP contribution is 2.41. The number of nitrogens with one attached hydrogen (secondary N) is 2. The van der Waals surface area contributed by atoms with Gasteiger partial charge in [-0.25, -0.2) is 4.39 Å². The molecule has 18 heavy (non-hydrogen) atoms. The number of hydrogen-bond acceptors (Lipinski definition) is 3. The molecule has 1 aromatic rings. The summed E-state index contributed by atoms with van der Waals surface area (Å²) in [6, 6.07) is 5.79. The first-order chi connectivity index (χ1) is 8.63. The number of rotatable bonds is 2. The molecule has 1 unspecified atom stereocenters. The molecule has 0 aromatic heterocycles. The maximum Gasteiger partial charge on any atom is 0.191 e. The first kappa shape index (κ1) is 11.8. The number of guanidine groups is 1. The predicted octanol–water partition coefficient (Wildman–Crippen LogP) is 2.27. The van der Waals surface area contributed by atoms with E-state index in [0.717, 1.165) is 24.5 Å². The molecule has 3 atom stereocenters. The van der Waals surface area contributed by atoms with Crippen LogP contribution in [0, 0.1) is 5.82 Å². The number of benzene rings is 1. The third-order valence-electron chi connectivity index (χ3n) is 3.39. The number of aliphatic imine (C=N–C) groups is 1. The van der Waals surface area contributed by atoms with Crippen molar-refractivity contribution in [1.82, 2.24) is 10.6 Å².